The van der Waals surface area contributed by atoms with Crippen molar-refractivity contribution >= 4 is 17.5 Å². The molecule has 1 aromatic heterocycles. The minimum Gasteiger partial charge on any atom is -0.497 e. The zero-order valence-corrected chi connectivity index (χ0v) is 17.8. The Labute approximate surface area is 188 Å². The van der Waals surface area contributed by atoms with E-state index in [1.807, 2.05) is 0 Å². The van der Waals surface area contributed by atoms with Crippen molar-refractivity contribution in [2.75, 3.05) is 19.0 Å². The van der Waals surface area contributed by atoms with Gasteiger partial charge in [0.25, 0.3) is 0 Å². The van der Waals surface area contributed by atoms with Crippen LogP contribution in [0.2, 0.25) is 0 Å². The molecule has 0 bridgehead atoms. The highest BCUT2D eigenvalue weighted by Gasteiger charge is 2.34. The number of amides is 2. The number of benzene rings is 2. The lowest BCUT2D eigenvalue weighted by Gasteiger charge is -2.16. The van der Waals surface area contributed by atoms with E-state index in [9.17, 15) is 18.4 Å². The summed E-state index contributed by atoms with van der Waals surface area (Å²) in [4.78, 5) is 26.7. The van der Waals surface area contributed by atoms with Crippen LogP contribution in [0.4, 0.5) is 14.5 Å². The Morgan fingerprint density at radius 3 is 2.67 bits per heavy atom. The maximum absolute atomic E-state index is 12.9. The van der Waals surface area contributed by atoms with Gasteiger partial charge in [-0.2, -0.15) is 8.78 Å². The summed E-state index contributed by atoms with van der Waals surface area (Å²) in [5.41, 5.74) is 1.41. The Bertz CT molecular complexity index is 1120. The smallest absolute Gasteiger partial charge is 0.387 e. The van der Waals surface area contributed by atoms with Gasteiger partial charge >= 0.3 is 6.61 Å². The van der Waals surface area contributed by atoms with E-state index in [1.165, 1.54) is 25.5 Å². The maximum atomic E-state index is 12.9. The number of methoxy groups -OCH3 is 1. The number of rotatable bonds is 8. The first-order valence-corrected chi connectivity index (χ1v) is 10.3. The summed E-state index contributed by atoms with van der Waals surface area (Å²) >= 11 is 0. The van der Waals surface area contributed by atoms with E-state index < -0.39 is 12.5 Å². The molecule has 2 heterocycles. The van der Waals surface area contributed by atoms with E-state index in [2.05, 4.69) is 10.1 Å². The molecule has 2 amide bonds. The lowest BCUT2D eigenvalue weighted by molar-refractivity contribution is -0.128. The molecule has 9 heteroatoms. The van der Waals surface area contributed by atoms with Crippen molar-refractivity contribution in [1.82, 2.24) is 4.90 Å². The highest BCUT2D eigenvalue weighted by Crippen LogP contribution is 2.35. The predicted octanol–water partition coefficient (Wildman–Crippen LogP) is 4.54. The van der Waals surface area contributed by atoms with Gasteiger partial charge in [0.2, 0.25) is 11.8 Å². The van der Waals surface area contributed by atoms with Crippen LogP contribution in [0.25, 0.3) is 11.1 Å². The van der Waals surface area contributed by atoms with Crippen molar-refractivity contribution in [3.63, 3.8) is 0 Å². The van der Waals surface area contributed by atoms with E-state index >= 15 is 0 Å². The van der Waals surface area contributed by atoms with Crippen molar-refractivity contribution in [3.05, 3.63) is 66.6 Å². The van der Waals surface area contributed by atoms with E-state index in [-0.39, 0.29) is 30.5 Å². The van der Waals surface area contributed by atoms with Gasteiger partial charge in [-0.3, -0.25) is 9.59 Å². The van der Waals surface area contributed by atoms with Crippen molar-refractivity contribution in [2.45, 2.75) is 19.6 Å². The molecule has 0 spiro atoms. The van der Waals surface area contributed by atoms with Crippen LogP contribution in [0.5, 0.6) is 11.5 Å². The molecule has 0 aliphatic carbocycles. The fraction of sp³-hybridized carbons (Fsp3) is 0.250. The van der Waals surface area contributed by atoms with E-state index in [0.29, 0.717) is 34.9 Å². The van der Waals surface area contributed by atoms with Gasteiger partial charge in [-0.25, -0.2) is 0 Å². The number of nitrogens with one attached hydrogen (secondary N) is 1. The second-order valence-corrected chi connectivity index (χ2v) is 7.56. The lowest BCUT2D eigenvalue weighted by atomic mass is 10.0. The molecule has 1 atom stereocenters. The van der Waals surface area contributed by atoms with Gasteiger partial charge in [0, 0.05) is 24.2 Å². The molecular weight excluding hydrogens is 434 g/mol. The van der Waals surface area contributed by atoms with Gasteiger partial charge in [0.1, 0.15) is 17.3 Å². The largest absolute Gasteiger partial charge is 0.497 e. The third-order valence-electron chi connectivity index (χ3n) is 5.38. The van der Waals surface area contributed by atoms with Crippen LogP contribution in [0.15, 0.2) is 65.3 Å². The highest BCUT2D eigenvalue weighted by molar-refractivity contribution is 5.97. The number of hydrogen-bond acceptors (Lipinski definition) is 5. The summed E-state index contributed by atoms with van der Waals surface area (Å²) in [6.45, 7) is -2.42. The molecule has 0 saturated carbocycles. The van der Waals surface area contributed by atoms with E-state index in [1.54, 1.807) is 47.4 Å². The second-order valence-electron chi connectivity index (χ2n) is 7.56. The lowest BCUT2D eigenvalue weighted by Crippen LogP contribution is -2.27. The van der Waals surface area contributed by atoms with Crippen LogP contribution in [0, 0.1) is 5.92 Å². The molecule has 172 valence electrons. The average Bonchev–Trinajstić information content (AvgIpc) is 3.45. The van der Waals surface area contributed by atoms with Crippen LogP contribution in [0.1, 0.15) is 12.2 Å². The van der Waals surface area contributed by atoms with E-state index in [0.717, 1.165) is 0 Å². The Kier molecular flexibility index (Phi) is 6.58. The van der Waals surface area contributed by atoms with Crippen LogP contribution in [0.3, 0.4) is 0 Å². The molecular formula is C24H22F2N2O5. The molecule has 4 rings (SSSR count). The average molecular weight is 456 g/mol. The Morgan fingerprint density at radius 2 is 2.00 bits per heavy atom. The maximum Gasteiger partial charge on any atom is 0.387 e. The first-order valence-electron chi connectivity index (χ1n) is 10.3. The molecule has 33 heavy (non-hydrogen) atoms. The molecule has 1 unspecified atom stereocenters. The van der Waals surface area contributed by atoms with Crippen molar-refractivity contribution in [2.24, 2.45) is 5.92 Å². The van der Waals surface area contributed by atoms with Gasteiger partial charge in [-0.05, 0) is 48.0 Å². The zero-order valence-electron chi connectivity index (χ0n) is 17.8. The Morgan fingerprint density at radius 1 is 1.21 bits per heavy atom. The van der Waals surface area contributed by atoms with Crippen LogP contribution in [-0.4, -0.2) is 37.0 Å². The normalized spacial score (nSPS) is 15.7. The van der Waals surface area contributed by atoms with E-state index in [4.69, 9.17) is 9.15 Å². The second kappa shape index (κ2) is 9.72. The van der Waals surface area contributed by atoms with Gasteiger partial charge in [-0.15, -0.1) is 0 Å². The first-order chi connectivity index (χ1) is 15.9. The molecule has 1 saturated heterocycles. The minimum absolute atomic E-state index is 0.0196. The monoisotopic (exact) mass is 456 g/mol. The zero-order chi connectivity index (χ0) is 23.4. The van der Waals surface area contributed by atoms with Gasteiger partial charge < -0.3 is 24.1 Å². The topological polar surface area (TPSA) is 81.0 Å². The molecule has 1 aliphatic rings. The predicted molar refractivity (Wildman–Crippen MR) is 116 cm³/mol. The van der Waals surface area contributed by atoms with Gasteiger partial charge in [0.05, 0.1) is 25.8 Å². The van der Waals surface area contributed by atoms with Crippen LogP contribution in [-0.2, 0) is 16.1 Å². The van der Waals surface area contributed by atoms with Crippen LogP contribution < -0.4 is 14.8 Å². The van der Waals surface area contributed by atoms with Gasteiger partial charge in [0.15, 0.2) is 0 Å². The number of likely N-dealkylation sites (tertiary alicyclic amines) is 1. The molecule has 0 radical (unpaired) electrons. The molecule has 2 aromatic carbocycles. The SMILES string of the molecule is COc1ccc(-c2cc(NC(=O)C3CC(=O)N(Cc4ccco4)C3)ccc2OC(F)F)cc1. The number of carbonyl (C=O) groups is 2. The summed E-state index contributed by atoms with van der Waals surface area (Å²) in [6.07, 6.45) is 1.62. The third-order valence-corrected chi connectivity index (χ3v) is 5.38. The van der Waals surface area contributed by atoms with Crippen molar-refractivity contribution in [3.8, 4) is 22.6 Å². The highest BCUT2D eigenvalue weighted by atomic mass is 19.3. The number of hydrogen-bond donors (Lipinski definition) is 1. The summed E-state index contributed by atoms with van der Waals surface area (Å²) in [7, 11) is 1.53. The third kappa shape index (κ3) is 5.31. The molecule has 1 aliphatic heterocycles. The number of carbonyl (C=O) groups excluding carboxylic acids is 2. The fourth-order valence-corrected chi connectivity index (χ4v) is 3.74. The van der Waals surface area contributed by atoms with Crippen LogP contribution >= 0.6 is 0 Å². The summed E-state index contributed by atoms with van der Waals surface area (Å²) in [5.74, 6) is 0.245. The number of halogens is 2. The number of alkyl halides is 2. The minimum atomic E-state index is -2.99. The Balaban J connectivity index is 1.50. The number of furan rings is 1. The Hall–Kier alpha value is -3.88. The quantitative estimate of drug-likeness (QED) is 0.538. The molecule has 1 N–H and O–H groups in total. The number of ether oxygens (including phenoxy) is 2. The first kappa shape index (κ1) is 22.3. The number of nitrogens with zero attached hydrogens (tertiary/aromatic N) is 1. The fourth-order valence-electron chi connectivity index (χ4n) is 3.74. The van der Waals surface area contributed by atoms with Crippen molar-refractivity contribution < 1.29 is 32.3 Å². The number of anilines is 1. The summed E-state index contributed by atoms with van der Waals surface area (Å²) in [5, 5.41) is 2.79. The summed E-state index contributed by atoms with van der Waals surface area (Å²) < 4.78 is 40.9. The molecule has 1 fully saturated rings. The standard InChI is InChI=1S/C24H22F2N2O5/c1-31-18-7-4-15(5-8-18)20-12-17(6-9-21(20)33-24(25)26)27-23(30)16-11-22(29)28(13-16)14-19-3-2-10-32-19/h2-10,12,16,24H,11,13-14H2,1H3,(H,27,30). The summed E-state index contributed by atoms with van der Waals surface area (Å²) in [6, 6.07) is 14.8. The van der Waals surface area contributed by atoms with Gasteiger partial charge in [-0.1, -0.05) is 12.1 Å². The molecule has 7 nitrogen and oxygen atoms in total. The molecule has 3 aromatic rings. The van der Waals surface area contributed by atoms with Crippen molar-refractivity contribution in [1.29, 1.82) is 0 Å².